The number of fused-ring (bicyclic) bond motifs is 1. The number of anilines is 1. The smallest absolute Gasteiger partial charge is 0.325 e. The molecule has 0 spiro atoms. The van der Waals surface area contributed by atoms with E-state index < -0.39 is 0 Å². The predicted octanol–water partition coefficient (Wildman–Crippen LogP) is -0.267. The molecular formula is C9H11N5O2. The van der Waals surface area contributed by atoms with Crippen LogP contribution >= 0.6 is 0 Å². The standard InChI is InChI=1S/C9H11N5O2/c1-13(5-7(15)16-2)8-9-12-11-6-14(9)4-3-10-8/h3-4,6H,5H2,1-2H3. The molecule has 2 aromatic rings. The molecule has 84 valence electrons. The van der Waals surface area contributed by atoms with E-state index in [1.165, 1.54) is 7.11 Å². The van der Waals surface area contributed by atoms with Crippen molar-refractivity contribution in [3.63, 3.8) is 0 Å². The van der Waals surface area contributed by atoms with E-state index in [-0.39, 0.29) is 12.5 Å². The molecule has 0 saturated carbocycles. The number of rotatable bonds is 3. The Morgan fingerprint density at radius 1 is 1.62 bits per heavy atom. The van der Waals surface area contributed by atoms with Crippen molar-refractivity contribution in [1.82, 2.24) is 19.6 Å². The summed E-state index contributed by atoms with van der Waals surface area (Å²) >= 11 is 0. The first-order valence-electron chi connectivity index (χ1n) is 4.64. The summed E-state index contributed by atoms with van der Waals surface area (Å²) in [4.78, 5) is 17.0. The summed E-state index contributed by atoms with van der Waals surface area (Å²) in [6.07, 6.45) is 4.94. The molecule has 0 unspecified atom stereocenters. The van der Waals surface area contributed by atoms with Crippen LogP contribution in [0.3, 0.4) is 0 Å². The second kappa shape index (κ2) is 4.13. The number of likely N-dealkylation sites (N-methyl/N-ethyl adjacent to an activating group) is 1. The first-order valence-corrected chi connectivity index (χ1v) is 4.64. The van der Waals surface area contributed by atoms with Crippen molar-refractivity contribution in [3.05, 3.63) is 18.7 Å². The van der Waals surface area contributed by atoms with Crippen LogP contribution in [-0.2, 0) is 9.53 Å². The minimum absolute atomic E-state index is 0.121. The second-order valence-corrected chi connectivity index (χ2v) is 3.24. The van der Waals surface area contributed by atoms with Gasteiger partial charge >= 0.3 is 5.97 Å². The van der Waals surface area contributed by atoms with E-state index in [9.17, 15) is 4.79 Å². The maximum absolute atomic E-state index is 11.1. The number of hydrogen-bond donors (Lipinski definition) is 0. The summed E-state index contributed by atoms with van der Waals surface area (Å²) in [6.45, 7) is 0.121. The van der Waals surface area contributed by atoms with Crippen molar-refractivity contribution in [2.24, 2.45) is 0 Å². The van der Waals surface area contributed by atoms with Gasteiger partial charge in [0.15, 0.2) is 5.82 Å². The average molecular weight is 221 g/mol. The van der Waals surface area contributed by atoms with Crippen molar-refractivity contribution >= 4 is 17.4 Å². The van der Waals surface area contributed by atoms with Crippen molar-refractivity contribution in [2.45, 2.75) is 0 Å². The summed E-state index contributed by atoms with van der Waals surface area (Å²) in [7, 11) is 3.09. The molecule has 7 nitrogen and oxygen atoms in total. The van der Waals surface area contributed by atoms with E-state index in [1.54, 1.807) is 35.1 Å². The Kier molecular flexibility index (Phi) is 2.67. The lowest BCUT2D eigenvalue weighted by Crippen LogP contribution is -2.27. The van der Waals surface area contributed by atoms with Gasteiger partial charge in [-0.25, -0.2) is 4.98 Å². The number of aromatic nitrogens is 4. The molecule has 0 aliphatic rings. The third-order valence-electron chi connectivity index (χ3n) is 2.15. The Bertz CT molecular complexity index is 509. The van der Waals surface area contributed by atoms with Gasteiger partial charge in [-0.2, -0.15) is 0 Å². The number of carbonyl (C=O) groups is 1. The number of ether oxygens (including phenoxy) is 1. The number of esters is 1. The van der Waals surface area contributed by atoms with E-state index in [0.717, 1.165) is 0 Å². The van der Waals surface area contributed by atoms with E-state index in [2.05, 4.69) is 19.9 Å². The number of carbonyl (C=O) groups excluding carboxylic acids is 1. The fraction of sp³-hybridized carbons (Fsp3) is 0.333. The van der Waals surface area contributed by atoms with Gasteiger partial charge < -0.3 is 9.64 Å². The SMILES string of the molecule is COC(=O)CN(C)c1nccn2cnnc12. The molecular weight excluding hydrogens is 210 g/mol. The molecule has 0 bridgehead atoms. The highest BCUT2D eigenvalue weighted by atomic mass is 16.5. The fourth-order valence-corrected chi connectivity index (χ4v) is 1.35. The highest BCUT2D eigenvalue weighted by Crippen LogP contribution is 2.13. The van der Waals surface area contributed by atoms with Crippen molar-refractivity contribution < 1.29 is 9.53 Å². The summed E-state index contributed by atoms with van der Waals surface area (Å²) in [6, 6.07) is 0. The first kappa shape index (κ1) is 10.3. The molecule has 0 radical (unpaired) electrons. The van der Waals surface area contributed by atoms with E-state index in [0.29, 0.717) is 11.5 Å². The van der Waals surface area contributed by atoms with Crippen LogP contribution < -0.4 is 4.90 Å². The van der Waals surface area contributed by atoms with Gasteiger partial charge in [0.1, 0.15) is 12.9 Å². The molecule has 0 aromatic carbocycles. The molecule has 0 N–H and O–H groups in total. The highest BCUT2D eigenvalue weighted by Gasteiger charge is 2.13. The molecule has 0 aliphatic carbocycles. The molecule has 2 rings (SSSR count). The van der Waals surface area contributed by atoms with Crippen molar-refractivity contribution in [3.8, 4) is 0 Å². The minimum Gasteiger partial charge on any atom is -0.468 e. The van der Waals surface area contributed by atoms with Crippen LogP contribution in [0.1, 0.15) is 0 Å². The summed E-state index contributed by atoms with van der Waals surface area (Å²) in [5, 5.41) is 7.70. The van der Waals surface area contributed by atoms with Gasteiger partial charge in [-0.05, 0) is 0 Å². The number of hydrogen-bond acceptors (Lipinski definition) is 6. The quantitative estimate of drug-likeness (QED) is 0.664. The van der Waals surface area contributed by atoms with Crippen molar-refractivity contribution in [1.29, 1.82) is 0 Å². The van der Waals surface area contributed by atoms with Gasteiger partial charge in [0, 0.05) is 19.4 Å². The maximum atomic E-state index is 11.1. The predicted molar refractivity (Wildman–Crippen MR) is 56.1 cm³/mol. The van der Waals surface area contributed by atoms with Crippen LogP contribution in [0.2, 0.25) is 0 Å². The lowest BCUT2D eigenvalue weighted by molar-refractivity contribution is -0.138. The normalized spacial score (nSPS) is 10.4. The monoisotopic (exact) mass is 221 g/mol. The zero-order chi connectivity index (χ0) is 11.5. The molecule has 0 aliphatic heterocycles. The fourth-order valence-electron chi connectivity index (χ4n) is 1.35. The van der Waals surface area contributed by atoms with E-state index >= 15 is 0 Å². The van der Waals surface area contributed by atoms with Crippen LogP contribution in [0.15, 0.2) is 18.7 Å². The van der Waals surface area contributed by atoms with Crippen LogP contribution in [0.4, 0.5) is 5.82 Å². The van der Waals surface area contributed by atoms with Crippen LogP contribution in [0, 0.1) is 0 Å². The molecule has 0 fully saturated rings. The molecule has 0 atom stereocenters. The Balaban J connectivity index is 2.32. The molecule has 0 amide bonds. The third kappa shape index (κ3) is 1.79. The number of nitrogens with zero attached hydrogens (tertiary/aromatic N) is 5. The highest BCUT2D eigenvalue weighted by molar-refractivity contribution is 5.77. The second-order valence-electron chi connectivity index (χ2n) is 3.24. The summed E-state index contributed by atoms with van der Waals surface area (Å²) < 4.78 is 6.32. The molecule has 16 heavy (non-hydrogen) atoms. The lowest BCUT2D eigenvalue weighted by Gasteiger charge is -2.16. The molecule has 2 aromatic heterocycles. The van der Waals surface area contributed by atoms with E-state index in [1.807, 2.05) is 0 Å². The van der Waals surface area contributed by atoms with Crippen LogP contribution in [0.5, 0.6) is 0 Å². The minimum atomic E-state index is -0.328. The zero-order valence-corrected chi connectivity index (χ0v) is 8.99. The number of methoxy groups -OCH3 is 1. The third-order valence-corrected chi connectivity index (χ3v) is 2.15. The van der Waals surface area contributed by atoms with Gasteiger partial charge in [-0.15, -0.1) is 10.2 Å². The van der Waals surface area contributed by atoms with Gasteiger partial charge in [0.25, 0.3) is 0 Å². The van der Waals surface area contributed by atoms with Crippen LogP contribution in [-0.4, -0.2) is 46.3 Å². The first-order chi connectivity index (χ1) is 7.72. The van der Waals surface area contributed by atoms with Crippen molar-refractivity contribution in [2.75, 3.05) is 25.6 Å². The average Bonchev–Trinajstić information content (AvgIpc) is 2.76. The maximum Gasteiger partial charge on any atom is 0.325 e. The Labute approximate surface area is 91.7 Å². The summed E-state index contributed by atoms with van der Waals surface area (Å²) in [5.74, 6) is 0.260. The zero-order valence-electron chi connectivity index (χ0n) is 8.99. The topological polar surface area (TPSA) is 72.6 Å². The Morgan fingerprint density at radius 2 is 2.44 bits per heavy atom. The lowest BCUT2D eigenvalue weighted by atomic mass is 10.5. The molecule has 7 heteroatoms. The van der Waals surface area contributed by atoms with E-state index in [4.69, 9.17) is 0 Å². The van der Waals surface area contributed by atoms with Crippen LogP contribution in [0.25, 0.3) is 5.65 Å². The molecule has 2 heterocycles. The van der Waals surface area contributed by atoms with Gasteiger partial charge in [0.2, 0.25) is 5.65 Å². The Hall–Kier alpha value is -2.18. The largest absolute Gasteiger partial charge is 0.468 e. The summed E-state index contributed by atoms with van der Waals surface area (Å²) in [5.41, 5.74) is 0.605. The van der Waals surface area contributed by atoms with Gasteiger partial charge in [-0.3, -0.25) is 9.20 Å². The van der Waals surface area contributed by atoms with Gasteiger partial charge in [0.05, 0.1) is 7.11 Å². The Morgan fingerprint density at radius 3 is 3.19 bits per heavy atom. The van der Waals surface area contributed by atoms with Gasteiger partial charge in [-0.1, -0.05) is 0 Å². The molecule has 0 saturated heterocycles.